The van der Waals surface area contributed by atoms with E-state index in [0.29, 0.717) is 13.0 Å². The molecule has 11 nitrogen and oxygen atoms in total. The van der Waals surface area contributed by atoms with E-state index in [0.717, 1.165) is 31.6 Å². The van der Waals surface area contributed by atoms with E-state index in [1.807, 2.05) is 13.8 Å². The molecule has 208 valence electrons. The molecule has 0 bridgehead atoms. The second kappa shape index (κ2) is 16.2. The average Bonchev–Trinajstić information content (AvgIpc) is 3.20. The number of nitrogens with one attached hydrogen (secondary N) is 3. The number of carbonyl (C=O) groups is 3. The molecule has 0 spiro atoms. The minimum absolute atomic E-state index is 0. The van der Waals surface area contributed by atoms with Gasteiger partial charge in [0.05, 0.1) is 12.6 Å². The Morgan fingerprint density at radius 3 is 2.27 bits per heavy atom. The third-order valence-electron chi connectivity index (χ3n) is 7.10. The number of hydrogen-bond acceptors (Lipinski definition) is 8. The van der Waals surface area contributed by atoms with E-state index in [2.05, 4.69) is 22.9 Å². The van der Waals surface area contributed by atoms with Gasteiger partial charge in [-0.3, -0.25) is 9.59 Å². The van der Waals surface area contributed by atoms with Crippen LogP contribution in [0, 0.1) is 23.7 Å². The number of carbonyl (C=O) groups excluding carboxylic acids is 3. The van der Waals surface area contributed by atoms with Gasteiger partial charge >= 0.3 is 35.7 Å². The zero-order chi connectivity index (χ0) is 26.9. The SMILES string of the molecule is CCCC1CCC(COC(=O)N[C@@H](CC(C)C)C(=O)N[C@@H](C[C@@H]2CCNC2=O)C(O)S(=O)(=O)[O-])CC1.[Na+]. The molecule has 1 unspecified atom stereocenters. The second-order valence-electron chi connectivity index (χ2n) is 10.6. The minimum atomic E-state index is -5.16. The van der Waals surface area contributed by atoms with E-state index in [-0.39, 0.29) is 66.7 Å². The van der Waals surface area contributed by atoms with Gasteiger partial charge in [0.1, 0.15) is 16.2 Å². The summed E-state index contributed by atoms with van der Waals surface area (Å²) in [5, 5.41) is 17.6. The maximum Gasteiger partial charge on any atom is 1.00 e. The first-order valence-corrected chi connectivity index (χ1v) is 14.5. The number of aliphatic hydroxyl groups excluding tert-OH is 1. The quantitative estimate of drug-likeness (QED) is 0.159. The van der Waals surface area contributed by atoms with Gasteiger partial charge < -0.3 is 30.3 Å². The summed E-state index contributed by atoms with van der Waals surface area (Å²) in [7, 11) is -5.16. The molecule has 1 aliphatic heterocycles. The molecule has 3 amide bonds. The van der Waals surface area contributed by atoms with Crippen molar-refractivity contribution < 1.29 is 66.8 Å². The Bertz CT molecular complexity index is 849. The Labute approximate surface area is 242 Å². The number of amides is 3. The van der Waals surface area contributed by atoms with Crippen LogP contribution in [0.25, 0.3) is 0 Å². The third kappa shape index (κ3) is 11.8. The number of hydrogen-bond donors (Lipinski definition) is 4. The zero-order valence-electron chi connectivity index (χ0n) is 22.5. The molecule has 2 rings (SSSR count). The first-order chi connectivity index (χ1) is 16.9. The minimum Gasteiger partial charge on any atom is -0.746 e. The average molecular weight is 556 g/mol. The van der Waals surface area contributed by atoms with Crippen LogP contribution in [-0.2, 0) is 24.4 Å². The summed E-state index contributed by atoms with van der Waals surface area (Å²) in [4.78, 5) is 37.5. The molecule has 1 aliphatic carbocycles. The van der Waals surface area contributed by atoms with Crippen molar-refractivity contribution in [3.63, 3.8) is 0 Å². The zero-order valence-corrected chi connectivity index (χ0v) is 25.3. The molecule has 4 atom stereocenters. The fourth-order valence-electron chi connectivity index (χ4n) is 5.08. The molecule has 37 heavy (non-hydrogen) atoms. The largest absolute Gasteiger partial charge is 1.00 e. The van der Waals surface area contributed by atoms with Gasteiger partial charge in [-0.25, -0.2) is 13.2 Å². The van der Waals surface area contributed by atoms with E-state index in [1.165, 1.54) is 12.8 Å². The van der Waals surface area contributed by atoms with E-state index in [9.17, 15) is 32.5 Å². The van der Waals surface area contributed by atoms with Gasteiger partial charge in [0.2, 0.25) is 11.8 Å². The van der Waals surface area contributed by atoms with E-state index in [4.69, 9.17) is 4.74 Å². The Hall–Kier alpha value is -0.920. The van der Waals surface area contributed by atoms with Crippen molar-refractivity contribution in [2.45, 2.75) is 96.1 Å². The molecule has 1 heterocycles. The summed E-state index contributed by atoms with van der Waals surface area (Å²) < 4.78 is 39.8. The van der Waals surface area contributed by atoms with Crippen LogP contribution in [-0.4, -0.2) is 66.7 Å². The van der Waals surface area contributed by atoms with Crippen molar-refractivity contribution in [3.8, 4) is 0 Å². The van der Waals surface area contributed by atoms with Crippen LogP contribution in [0.1, 0.15) is 78.6 Å². The third-order valence-corrected chi connectivity index (χ3v) is 8.02. The van der Waals surface area contributed by atoms with Crippen LogP contribution < -0.4 is 45.5 Å². The summed E-state index contributed by atoms with van der Waals surface area (Å²) in [6.45, 7) is 6.51. The molecule has 1 saturated heterocycles. The number of rotatable bonds is 13. The first-order valence-electron chi connectivity index (χ1n) is 13.0. The van der Waals surface area contributed by atoms with Crippen LogP contribution in [0.5, 0.6) is 0 Å². The molecule has 2 fully saturated rings. The van der Waals surface area contributed by atoms with Crippen molar-refractivity contribution in [2.24, 2.45) is 23.7 Å². The van der Waals surface area contributed by atoms with E-state index in [1.54, 1.807) is 0 Å². The second-order valence-corrected chi connectivity index (χ2v) is 12.1. The van der Waals surface area contributed by atoms with Crippen molar-refractivity contribution in [3.05, 3.63) is 0 Å². The first kappa shape index (κ1) is 34.1. The Morgan fingerprint density at radius 2 is 1.76 bits per heavy atom. The van der Waals surface area contributed by atoms with Crippen molar-refractivity contribution in [2.75, 3.05) is 13.2 Å². The number of ether oxygens (including phenoxy) is 1. The molecule has 13 heteroatoms. The van der Waals surface area contributed by atoms with Crippen LogP contribution in [0.3, 0.4) is 0 Å². The predicted molar refractivity (Wildman–Crippen MR) is 131 cm³/mol. The molecule has 2 aliphatic rings. The molecule has 0 radical (unpaired) electrons. The molecule has 1 saturated carbocycles. The molecular formula is C24H42N3NaO8S. The van der Waals surface area contributed by atoms with Gasteiger partial charge in [0.15, 0.2) is 5.44 Å². The predicted octanol–water partition coefficient (Wildman–Crippen LogP) is -1.39. The summed E-state index contributed by atoms with van der Waals surface area (Å²) in [5.41, 5.74) is -2.43. The standard InChI is InChI=1S/C24H43N3O8S.Na/c1-4-5-16-6-8-17(9-7-16)14-35-24(31)27-19(12-15(2)3)22(29)26-20(23(30)36(32,33)34)13-18-10-11-25-21(18)28;/h15-20,23,30H,4-14H2,1-3H3,(H,25,28)(H,26,29)(H,27,31)(H,32,33,34);/q;+1/p-1/t16?,17?,18-,19-,20-,23?;/m0./s1. The van der Waals surface area contributed by atoms with Gasteiger partial charge in [-0.05, 0) is 49.9 Å². The fraction of sp³-hybridized carbons (Fsp3) is 0.875. The topological polar surface area (TPSA) is 174 Å². The summed E-state index contributed by atoms with van der Waals surface area (Å²) in [5.74, 6) is -0.750. The van der Waals surface area contributed by atoms with Crippen LogP contribution in [0.2, 0.25) is 0 Å². The van der Waals surface area contributed by atoms with E-state index >= 15 is 0 Å². The van der Waals surface area contributed by atoms with Crippen LogP contribution in [0.4, 0.5) is 4.79 Å². The van der Waals surface area contributed by atoms with Crippen LogP contribution >= 0.6 is 0 Å². The summed E-state index contributed by atoms with van der Waals surface area (Å²) in [6, 6.07) is -2.57. The van der Waals surface area contributed by atoms with Crippen molar-refractivity contribution in [1.82, 2.24) is 16.0 Å². The van der Waals surface area contributed by atoms with Crippen LogP contribution in [0.15, 0.2) is 0 Å². The van der Waals surface area contributed by atoms with Crippen molar-refractivity contribution >= 4 is 28.0 Å². The van der Waals surface area contributed by atoms with Gasteiger partial charge in [-0.1, -0.05) is 46.5 Å². The van der Waals surface area contributed by atoms with Gasteiger partial charge in [0, 0.05) is 12.5 Å². The molecular weight excluding hydrogens is 513 g/mol. The van der Waals surface area contributed by atoms with E-state index < -0.39 is 45.6 Å². The van der Waals surface area contributed by atoms with Crippen molar-refractivity contribution in [1.29, 1.82) is 0 Å². The molecule has 0 aromatic heterocycles. The summed E-state index contributed by atoms with van der Waals surface area (Å²) >= 11 is 0. The normalized spacial score (nSPS) is 24.4. The number of aliphatic hydroxyl groups is 1. The maximum absolute atomic E-state index is 13.0. The Morgan fingerprint density at radius 1 is 1.14 bits per heavy atom. The van der Waals surface area contributed by atoms with Gasteiger partial charge in [0.25, 0.3) is 0 Å². The van der Waals surface area contributed by atoms with Gasteiger partial charge in [-0.2, -0.15) is 0 Å². The molecule has 0 aromatic rings. The smallest absolute Gasteiger partial charge is 0.746 e. The Balaban J connectivity index is 0.00000684. The maximum atomic E-state index is 13.0. The molecule has 0 aromatic carbocycles. The summed E-state index contributed by atoms with van der Waals surface area (Å²) in [6.07, 6.45) is 6.24. The molecule has 4 N–H and O–H groups in total. The monoisotopic (exact) mass is 555 g/mol. The fourth-order valence-corrected chi connectivity index (χ4v) is 5.66. The Kier molecular flexibility index (Phi) is 15.0. The number of alkyl carbamates (subject to hydrolysis) is 1. The van der Waals surface area contributed by atoms with Gasteiger partial charge in [-0.15, -0.1) is 0 Å².